The van der Waals surface area contributed by atoms with Crippen molar-refractivity contribution in [2.45, 2.75) is 19.5 Å². The molecule has 1 saturated heterocycles. The molecule has 1 aliphatic rings. The molecular weight excluding hydrogens is 164 g/mol. The Bertz CT molecular complexity index is 83.1. The second kappa shape index (κ2) is 3.35. The minimum atomic E-state index is -0.761. The molecule has 1 fully saturated rings. The van der Waals surface area contributed by atoms with E-state index in [1.54, 1.807) is 0 Å². The van der Waals surface area contributed by atoms with Crippen molar-refractivity contribution in [1.82, 2.24) is 0 Å². The zero-order chi connectivity index (χ0) is 6.74. The summed E-state index contributed by atoms with van der Waals surface area (Å²) in [5, 5.41) is 1.47. The van der Waals surface area contributed by atoms with E-state index < -0.39 is 7.22 Å². The highest BCUT2D eigenvalue weighted by Crippen LogP contribution is 2.28. The van der Waals surface area contributed by atoms with Crippen molar-refractivity contribution >= 4 is 30.2 Å². The van der Waals surface area contributed by atoms with Crippen molar-refractivity contribution in [1.29, 1.82) is 0 Å². The van der Waals surface area contributed by atoms with Crippen LogP contribution < -0.4 is 0 Å². The highest BCUT2D eigenvalue weighted by Gasteiger charge is 2.22. The molecule has 9 heavy (non-hydrogen) atoms. The molecule has 54 valence electrons. The van der Waals surface area contributed by atoms with E-state index in [0.29, 0.717) is 0 Å². The Labute approximate surface area is 66.8 Å². The Morgan fingerprint density at radius 3 is 2.78 bits per heavy atom. The second-order valence-corrected chi connectivity index (χ2v) is 13.4. The molecular formula is C6H14S2Si. The first kappa shape index (κ1) is 8.02. The number of thioether (sulfide) groups is 1. The van der Waals surface area contributed by atoms with Gasteiger partial charge in [-0.2, -0.15) is 23.0 Å². The maximum atomic E-state index is 2.48. The van der Waals surface area contributed by atoms with Crippen LogP contribution in [0.4, 0.5) is 0 Å². The third-order valence-corrected chi connectivity index (χ3v) is 10.8. The number of hydrogen-bond acceptors (Lipinski definition) is 2. The van der Waals surface area contributed by atoms with Crippen LogP contribution in [0.2, 0.25) is 13.1 Å². The van der Waals surface area contributed by atoms with Crippen LogP contribution >= 0.6 is 23.0 Å². The van der Waals surface area contributed by atoms with Crippen LogP contribution in [0.1, 0.15) is 6.42 Å². The Hall–Kier alpha value is 0.917. The summed E-state index contributed by atoms with van der Waals surface area (Å²) in [6, 6.07) is 0. The second-order valence-electron chi connectivity index (χ2n) is 3.01. The Morgan fingerprint density at radius 2 is 2.00 bits per heavy atom. The summed E-state index contributed by atoms with van der Waals surface area (Å²) in [4.78, 5) is 0. The van der Waals surface area contributed by atoms with Gasteiger partial charge in [-0.25, -0.2) is 0 Å². The van der Waals surface area contributed by atoms with E-state index in [1.165, 1.54) is 23.3 Å². The predicted molar refractivity (Wildman–Crippen MR) is 51.9 cm³/mol. The van der Waals surface area contributed by atoms with Gasteiger partial charge in [0.2, 0.25) is 0 Å². The summed E-state index contributed by atoms with van der Waals surface area (Å²) in [5.74, 6) is 2.83. The van der Waals surface area contributed by atoms with Crippen LogP contribution in [0.3, 0.4) is 0 Å². The van der Waals surface area contributed by atoms with E-state index in [4.69, 9.17) is 0 Å². The van der Waals surface area contributed by atoms with Crippen molar-refractivity contribution in [3.05, 3.63) is 0 Å². The summed E-state index contributed by atoms with van der Waals surface area (Å²) >= 11 is 4.42. The average Bonchev–Trinajstić information content (AvgIpc) is 1.92. The van der Waals surface area contributed by atoms with Gasteiger partial charge in [0, 0.05) is 0 Å². The molecule has 0 aliphatic carbocycles. The van der Waals surface area contributed by atoms with E-state index >= 15 is 0 Å². The summed E-state index contributed by atoms with van der Waals surface area (Å²) in [7, 11) is -0.761. The zero-order valence-electron chi connectivity index (χ0n) is 6.14. The quantitative estimate of drug-likeness (QED) is 0.523. The fourth-order valence-corrected chi connectivity index (χ4v) is 8.71. The largest absolute Gasteiger partial charge is 0.185 e. The van der Waals surface area contributed by atoms with E-state index in [1.807, 2.05) is 0 Å². The first-order valence-electron chi connectivity index (χ1n) is 3.42. The molecule has 1 rings (SSSR count). The van der Waals surface area contributed by atoms with Gasteiger partial charge in [0.05, 0.1) is 0 Å². The third-order valence-electron chi connectivity index (χ3n) is 1.38. The molecule has 1 aliphatic heterocycles. The topological polar surface area (TPSA) is 0 Å². The van der Waals surface area contributed by atoms with Crippen LogP contribution in [0, 0.1) is 0 Å². The van der Waals surface area contributed by atoms with Crippen molar-refractivity contribution in [2.24, 2.45) is 0 Å². The van der Waals surface area contributed by atoms with Gasteiger partial charge >= 0.3 is 0 Å². The van der Waals surface area contributed by atoms with Crippen molar-refractivity contribution in [3.63, 3.8) is 0 Å². The minimum absolute atomic E-state index is 0.761. The lowest BCUT2D eigenvalue weighted by molar-refractivity contribution is 1.13. The smallest absolute Gasteiger partial charge is 0.121 e. The average molecular weight is 178 g/mol. The standard InChI is InChI=1S/C6H14S2Si/c1-9(2)6-7-4-3-5-8-9/h3-6H2,1-2H3. The molecule has 1 heterocycles. The van der Waals surface area contributed by atoms with Crippen molar-refractivity contribution in [3.8, 4) is 0 Å². The molecule has 0 atom stereocenters. The number of hydrogen-bond donors (Lipinski definition) is 0. The van der Waals surface area contributed by atoms with Gasteiger partial charge in [-0.1, -0.05) is 13.1 Å². The summed E-state index contributed by atoms with van der Waals surface area (Å²) in [5.41, 5.74) is 0. The molecule has 0 saturated carbocycles. The third kappa shape index (κ3) is 3.00. The molecule has 3 heteroatoms. The Kier molecular flexibility index (Phi) is 2.98. The summed E-state index contributed by atoms with van der Waals surface area (Å²) < 4.78 is 0. The molecule has 0 radical (unpaired) electrons. The molecule has 0 aromatic heterocycles. The molecule has 0 spiro atoms. The summed E-state index contributed by atoms with van der Waals surface area (Å²) in [6.07, 6.45) is 1.44. The first-order valence-corrected chi connectivity index (χ1v) is 9.50. The van der Waals surface area contributed by atoms with Gasteiger partial charge in [-0.05, 0) is 23.3 Å². The van der Waals surface area contributed by atoms with Crippen molar-refractivity contribution in [2.75, 3.05) is 16.9 Å². The highest BCUT2D eigenvalue weighted by atomic mass is 32.4. The maximum Gasteiger partial charge on any atom is 0.121 e. The fraction of sp³-hybridized carbons (Fsp3) is 1.00. The predicted octanol–water partition coefficient (Wildman–Crippen LogP) is 2.60. The van der Waals surface area contributed by atoms with Gasteiger partial charge in [0.25, 0.3) is 0 Å². The van der Waals surface area contributed by atoms with Gasteiger partial charge in [-0.15, -0.1) is 0 Å². The monoisotopic (exact) mass is 178 g/mol. The van der Waals surface area contributed by atoms with E-state index in [2.05, 4.69) is 36.1 Å². The van der Waals surface area contributed by atoms with Crippen LogP contribution in [-0.2, 0) is 0 Å². The Morgan fingerprint density at radius 1 is 1.22 bits per heavy atom. The van der Waals surface area contributed by atoms with E-state index in [0.717, 1.165) is 0 Å². The first-order chi connectivity index (χ1) is 4.21. The lowest BCUT2D eigenvalue weighted by Crippen LogP contribution is -2.24. The fourth-order valence-electron chi connectivity index (χ4n) is 0.869. The molecule has 0 unspecified atom stereocenters. The van der Waals surface area contributed by atoms with Crippen LogP contribution in [0.15, 0.2) is 0 Å². The summed E-state index contributed by atoms with van der Waals surface area (Å²) in [6.45, 7) is 4.96. The van der Waals surface area contributed by atoms with Gasteiger partial charge < -0.3 is 0 Å². The van der Waals surface area contributed by atoms with Crippen LogP contribution in [0.25, 0.3) is 0 Å². The van der Waals surface area contributed by atoms with Gasteiger partial charge in [0.1, 0.15) is 7.22 Å². The SMILES string of the molecule is C[Si]1(C)CSCCCS1. The van der Waals surface area contributed by atoms with Gasteiger partial charge in [-0.3, -0.25) is 0 Å². The van der Waals surface area contributed by atoms with Gasteiger partial charge in [0.15, 0.2) is 0 Å². The molecule has 0 aromatic carbocycles. The molecule has 0 amide bonds. The lowest BCUT2D eigenvalue weighted by atomic mass is 10.6. The molecule has 0 nitrogen and oxygen atoms in total. The number of rotatable bonds is 0. The Balaban J connectivity index is 2.36. The van der Waals surface area contributed by atoms with Crippen LogP contribution in [-0.4, -0.2) is 24.1 Å². The lowest BCUT2D eigenvalue weighted by Gasteiger charge is -2.16. The normalized spacial score (nSPS) is 27.3. The maximum absolute atomic E-state index is 2.48. The van der Waals surface area contributed by atoms with Crippen molar-refractivity contribution < 1.29 is 0 Å². The zero-order valence-corrected chi connectivity index (χ0v) is 8.78. The molecule has 0 N–H and O–H groups in total. The van der Waals surface area contributed by atoms with Crippen LogP contribution in [0.5, 0.6) is 0 Å². The minimum Gasteiger partial charge on any atom is -0.185 e. The van der Waals surface area contributed by atoms with E-state index in [9.17, 15) is 0 Å². The van der Waals surface area contributed by atoms with E-state index in [-0.39, 0.29) is 0 Å². The molecule has 0 aromatic rings. The molecule has 0 bridgehead atoms. The highest BCUT2D eigenvalue weighted by molar-refractivity contribution is 8.30.